The number of hydrogen-bond donors (Lipinski definition) is 0. The summed E-state index contributed by atoms with van der Waals surface area (Å²) in [6, 6.07) is 6.28. The second-order valence-electron chi connectivity index (χ2n) is 8.83. The van der Waals surface area contributed by atoms with Gasteiger partial charge in [-0.1, -0.05) is 16.8 Å². The molecule has 11 heteroatoms. The van der Waals surface area contributed by atoms with Crippen LogP contribution in [0.2, 0.25) is 5.02 Å². The van der Waals surface area contributed by atoms with E-state index < -0.39 is 15.8 Å². The lowest BCUT2D eigenvalue weighted by molar-refractivity contribution is 0.0933. The molecule has 0 amide bonds. The summed E-state index contributed by atoms with van der Waals surface area (Å²) in [7, 11) is -3.73. The van der Waals surface area contributed by atoms with Crippen LogP contribution in [0.4, 0.5) is 4.39 Å². The SMILES string of the molecule is Cc1noc(C)c1S(=O)(=O)N1CCCN(CC(=O)c2cc(C)n(-c3ccc(F)c(Cl)c3)c2C)CC1. The van der Waals surface area contributed by atoms with Crippen molar-refractivity contribution in [1.82, 2.24) is 18.9 Å². The fraction of sp³-hybridized carbons (Fsp3) is 0.417. The highest BCUT2D eigenvalue weighted by Crippen LogP contribution is 2.26. The molecule has 8 nitrogen and oxygen atoms in total. The van der Waals surface area contributed by atoms with Crippen molar-refractivity contribution >= 4 is 27.4 Å². The van der Waals surface area contributed by atoms with Crippen LogP contribution in [0.1, 0.15) is 39.6 Å². The van der Waals surface area contributed by atoms with Gasteiger partial charge in [-0.3, -0.25) is 9.69 Å². The molecule has 1 aliphatic heterocycles. The Balaban J connectivity index is 1.48. The Morgan fingerprint density at radius 3 is 2.51 bits per heavy atom. The summed E-state index contributed by atoms with van der Waals surface area (Å²) in [6.45, 7) is 8.76. The first-order valence-corrected chi connectivity index (χ1v) is 13.2. The van der Waals surface area contributed by atoms with Gasteiger partial charge >= 0.3 is 0 Å². The highest BCUT2D eigenvalue weighted by molar-refractivity contribution is 7.89. The van der Waals surface area contributed by atoms with Crippen LogP contribution in [-0.2, 0) is 10.0 Å². The molecule has 188 valence electrons. The molecule has 0 spiro atoms. The minimum Gasteiger partial charge on any atom is -0.360 e. The van der Waals surface area contributed by atoms with E-state index >= 15 is 0 Å². The van der Waals surface area contributed by atoms with Gasteiger partial charge in [-0.25, -0.2) is 12.8 Å². The molecule has 0 atom stereocenters. The number of rotatable bonds is 6. The largest absolute Gasteiger partial charge is 0.360 e. The lowest BCUT2D eigenvalue weighted by Gasteiger charge is -2.21. The second-order valence-corrected chi connectivity index (χ2v) is 11.1. The molecule has 35 heavy (non-hydrogen) atoms. The Morgan fingerprint density at radius 1 is 1.11 bits per heavy atom. The maximum absolute atomic E-state index is 13.6. The van der Waals surface area contributed by atoms with Crippen LogP contribution in [0.3, 0.4) is 0 Å². The van der Waals surface area contributed by atoms with Crippen molar-refractivity contribution in [2.45, 2.75) is 39.0 Å². The topological polar surface area (TPSA) is 88.7 Å². The number of carbonyl (C=O) groups is 1. The molecule has 0 N–H and O–H groups in total. The number of carbonyl (C=O) groups excluding carboxylic acids is 1. The predicted octanol–water partition coefficient (Wildman–Crippen LogP) is 4.07. The van der Waals surface area contributed by atoms with Gasteiger partial charge in [0.05, 0.1) is 11.6 Å². The number of sulfonamides is 1. The number of nitrogens with zero attached hydrogens (tertiary/aromatic N) is 4. The number of hydrogen-bond acceptors (Lipinski definition) is 6. The molecule has 3 heterocycles. The van der Waals surface area contributed by atoms with E-state index in [0.29, 0.717) is 43.0 Å². The maximum Gasteiger partial charge on any atom is 0.248 e. The van der Waals surface area contributed by atoms with Crippen molar-refractivity contribution in [3.8, 4) is 5.69 Å². The number of benzene rings is 1. The van der Waals surface area contributed by atoms with E-state index in [0.717, 1.165) is 11.4 Å². The summed E-state index contributed by atoms with van der Waals surface area (Å²) < 4.78 is 48.3. The summed E-state index contributed by atoms with van der Waals surface area (Å²) >= 11 is 5.96. The first-order valence-electron chi connectivity index (χ1n) is 11.3. The Morgan fingerprint density at radius 2 is 1.86 bits per heavy atom. The fourth-order valence-electron chi connectivity index (χ4n) is 4.67. The molecule has 4 rings (SSSR count). The molecule has 0 bridgehead atoms. The van der Waals surface area contributed by atoms with Crippen LogP contribution in [-0.4, -0.2) is 65.9 Å². The van der Waals surface area contributed by atoms with E-state index in [4.69, 9.17) is 16.1 Å². The molecule has 0 radical (unpaired) electrons. The summed E-state index contributed by atoms with van der Waals surface area (Å²) in [5, 5.41) is 3.79. The molecule has 2 aromatic heterocycles. The summed E-state index contributed by atoms with van der Waals surface area (Å²) in [5.74, 6) is -0.281. The van der Waals surface area contributed by atoms with Gasteiger partial charge in [0.15, 0.2) is 11.5 Å². The average molecular weight is 523 g/mol. The highest BCUT2D eigenvalue weighted by atomic mass is 35.5. The molecule has 0 unspecified atom stereocenters. The van der Waals surface area contributed by atoms with E-state index in [9.17, 15) is 17.6 Å². The zero-order chi connectivity index (χ0) is 25.5. The third-order valence-electron chi connectivity index (χ3n) is 6.37. The van der Waals surface area contributed by atoms with Gasteiger partial charge in [0.25, 0.3) is 0 Å². The Bertz CT molecular complexity index is 1360. The standard InChI is InChI=1S/C24H28ClFN4O4S/c1-15-12-20(17(3)30(15)19-6-7-22(26)21(25)13-19)23(31)14-28-8-5-9-29(11-10-28)35(32,33)24-16(2)27-34-18(24)4/h6-7,12-13H,5,8-11,14H2,1-4H3. The molecule has 1 aromatic carbocycles. The monoisotopic (exact) mass is 522 g/mol. The molecule has 1 fully saturated rings. The first-order chi connectivity index (χ1) is 16.5. The van der Waals surface area contributed by atoms with Gasteiger partial charge in [0.2, 0.25) is 10.0 Å². The van der Waals surface area contributed by atoms with Gasteiger partial charge < -0.3 is 9.09 Å². The number of aromatic nitrogens is 2. The Kier molecular flexibility index (Phi) is 7.19. The predicted molar refractivity (Wildman–Crippen MR) is 130 cm³/mol. The van der Waals surface area contributed by atoms with Gasteiger partial charge in [-0.05, 0) is 64.9 Å². The van der Waals surface area contributed by atoms with Crippen LogP contribution in [0.15, 0.2) is 33.7 Å². The van der Waals surface area contributed by atoms with Crippen LogP contribution in [0.5, 0.6) is 0 Å². The average Bonchev–Trinajstić information content (AvgIpc) is 3.17. The summed E-state index contributed by atoms with van der Waals surface area (Å²) in [6.07, 6.45) is 0.600. The number of ketones is 1. The first kappa shape index (κ1) is 25.6. The van der Waals surface area contributed by atoms with Crippen molar-refractivity contribution in [2.75, 3.05) is 32.7 Å². The van der Waals surface area contributed by atoms with Crippen molar-refractivity contribution < 1.29 is 22.1 Å². The minimum atomic E-state index is -3.73. The summed E-state index contributed by atoms with van der Waals surface area (Å²) in [5.41, 5.74) is 3.18. The van der Waals surface area contributed by atoms with Crippen LogP contribution < -0.4 is 0 Å². The second kappa shape index (κ2) is 9.85. The number of halogens is 2. The normalized spacial score (nSPS) is 15.9. The van der Waals surface area contributed by atoms with Crippen molar-refractivity contribution in [3.05, 3.63) is 63.5 Å². The molecule has 1 saturated heterocycles. The zero-order valence-corrected chi connectivity index (χ0v) is 21.7. The number of Topliss-reactive ketones (excluding diaryl/α,β-unsaturated/α-hetero) is 1. The lowest BCUT2D eigenvalue weighted by atomic mass is 10.1. The molecule has 1 aliphatic rings. The number of aryl methyl sites for hydroxylation is 3. The Hall–Kier alpha value is -2.53. The van der Waals surface area contributed by atoms with Gasteiger partial charge in [-0.15, -0.1) is 0 Å². The van der Waals surface area contributed by atoms with Crippen molar-refractivity contribution in [1.29, 1.82) is 0 Å². The third-order valence-corrected chi connectivity index (χ3v) is 8.81. The van der Waals surface area contributed by atoms with E-state index in [-0.39, 0.29) is 34.6 Å². The van der Waals surface area contributed by atoms with E-state index in [2.05, 4.69) is 5.16 Å². The molecular weight excluding hydrogens is 495 g/mol. The van der Waals surface area contributed by atoms with Gasteiger partial charge in [0, 0.05) is 42.3 Å². The fourth-order valence-corrected chi connectivity index (χ4v) is 6.61. The van der Waals surface area contributed by atoms with E-state index in [1.165, 1.54) is 16.4 Å². The van der Waals surface area contributed by atoms with E-state index in [1.54, 1.807) is 19.9 Å². The molecule has 0 aliphatic carbocycles. The van der Waals surface area contributed by atoms with Crippen LogP contribution in [0, 0.1) is 33.5 Å². The zero-order valence-electron chi connectivity index (χ0n) is 20.1. The summed E-state index contributed by atoms with van der Waals surface area (Å²) in [4.78, 5) is 15.3. The minimum absolute atomic E-state index is 0.0172. The Labute approximate surface area is 209 Å². The highest BCUT2D eigenvalue weighted by Gasteiger charge is 2.32. The van der Waals surface area contributed by atoms with Crippen molar-refractivity contribution in [2.24, 2.45) is 0 Å². The smallest absolute Gasteiger partial charge is 0.248 e. The van der Waals surface area contributed by atoms with Gasteiger partial charge in [0.1, 0.15) is 16.4 Å². The van der Waals surface area contributed by atoms with Gasteiger partial charge in [-0.2, -0.15) is 4.31 Å². The lowest BCUT2D eigenvalue weighted by Crippen LogP contribution is -2.37. The quantitative estimate of drug-likeness (QED) is 0.453. The molecule has 3 aromatic rings. The van der Waals surface area contributed by atoms with E-state index in [1.807, 2.05) is 29.4 Å². The maximum atomic E-state index is 13.6. The van der Waals surface area contributed by atoms with Crippen LogP contribution in [0.25, 0.3) is 5.69 Å². The molecular formula is C24H28ClFN4O4S. The molecule has 0 saturated carbocycles. The third kappa shape index (κ3) is 4.93. The van der Waals surface area contributed by atoms with Crippen LogP contribution >= 0.6 is 11.6 Å². The van der Waals surface area contributed by atoms with Crippen molar-refractivity contribution in [3.63, 3.8) is 0 Å².